The second-order valence-electron chi connectivity index (χ2n) is 4.07. The van der Waals surface area contributed by atoms with E-state index in [1.165, 1.54) is 12.1 Å². The van der Waals surface area contributed by atoms with Gasteiger partial charge >= 0.3 is 0 Å². The van der Waals surface area contributed by atoms with Crippen LogP contribution in [0.1, 0.15) is 18.4 Å². The van der Waals surface area contributed by atoms with Gasteiger partial charge in [0.05, 0.1) is 4.92 Å². The van der Waals surface area contributed by atoms with Gasteiger partial charge in [0, 0.05) is 17.2 Å². The summed E-state index contributed by atoms with van der Waals surface area (Å²) < 4.78 is 12.9. The Morgan fingerprint density at radius 1 is 1.53 bits per heavy atom. The van der Waals surface area contributed by atoms with Crippen molar-refractivity contribution in [3.05, 3.63) is 39.7 Å². The molecule has 2 N–H and O–H groups in total. The highest BCUT2D eigenvalue weighted by Crippen LogP contribution is 2.37. The molecule has 1 saturated carbocycles. The summed E-state index contributed by atoms with van der Waals surface area (Å²) in [4.78, 5) is 10.2. The van der Waals surface area contributed by atoms with Crippen molar-refractivity contribution in [3.8, 4) is 0 Å². The summed E-state index contributed by atoms with van der Waals surface area (Å²) in [7, 11) is 0. The maximum Gasteiger partial charge on any atom is 0.272 e. The second kappa shape index (κ2) is 3.27. The summed E-state index contributed by atoms with van der Waals surface area (Å²) in [6.07, 6.45) is 2.07. The number of rotatable bonds is 3. The Morgan fingerprint density at radius 3 is 2.73 bits per heavy atom. The Labute approximate surface area is 86.0 Å². The van der Waals surface area contributed by atoms with E-state index in [9.17, 15) is 14.5 Å². The van der Waals surface area contributed by atoms with Crippen LogP contribution in [0.25, 0.3) is 0 Å². The van der Waals surface area contributed by atoms with Crippen LogP contribution < -0.4 is 5.73 Å². The standard InChI is InChI=1S/C10H11FN2O2/c11-8-1-2-9(13(14)15)7(5-8)6-10(12)3-4-10/h1-2,5H,3-4,6,12H2. The molecule has 1 fully saturated rings. The minimum Gasteiger partial charge on any atom is -0.325 e. The highest BCUT2D eigenvalue weighted by atomic mass is 19.1. The smallest absolute Gasteiger partial charge is 0.272 e. The molecule has 0 amide bonds. The molecule has 0 atom stereocenters. The molecule has 5 heteroatoms. The van der Waals surface area contributed by atoms with Crippen molar-refractivity contribution < 1.29 is 9.31 Å². The molecule has 0 saturated heterocycles. The molecule has 0 aromatic heterocycles. The molecular weight excluding hydrogens is 199 g/mol. The quantitative estimate of drug-likeness (QED) is 0.610. The van der Waals surface area contributed by atoms with Crippen LogP contribution in [0.5, 0.6) is 0 Å². The van der Waals surface area contributed by atoms with Gasteiger partial charge in [0.1, 0.15) is 5.82 Å². The molecule has 1 aliphatic carbocycles. The minimum atomic E-state index is -0.499. The number of nitro benzene ring substituents is 1. The summed E-state index contributed by atoms with van der Waals surface area (Å²) in [5, 5.41) is 10.7. The predicted molar refractivity (Wildman–Crippen MR) is 52.9 cm³/mol. The number of nitro groups is 1. The van der Waals surface area contributed by atoms with Crippen LogP contribution in [0.3, 0.4) is 0 Å². The third-order valence-electron chi connectivity index (χ3n) is 2.67. The number of hydrogen-bond donors (Lipinski definition) is 1. The lowest BCUT2D eigenvalue weighted by Crippen LogP contribution is -2.25. The van der Waals surface area contributed by atoms with E-state index in [0.717, 1.165) is 18.9 Å². The van der Waals surface area contributed by atoms with Gasteiger partial charge in [0.15, 0.2) is 0 Å². The van der Waals surface area contributed by atoms with E-state index in [1.54, 1.807) is 0 Å². The lowest BCUT2D eigenvalue weighted by molar-refractivity contribution is -0.385. The van der Waals surface area contributed by atoms with Gasteiger partial charge in [-0.3, -0.25) is 10.1 Å². The fourth-order valence-corrected chi connectivity index (χ4v) is 1.59. The van der Waals surface area contributed by atoms with Crippen LogP contribution in [0, 0.1) is 15.9 Å². The molecule has 1 aromatic rings. The zero-order chi connectivity index (χ0) is 11.1. The van der Waals surface area contributed by atoms with Gasteiger partial charge in [0.2, 0.25) is 0 Å². The Balaban J connectivity index is 2.34. The van der Waals surface area contributed by atoms with Crippen LogP contribution in [0.2, 0.25) is 0 Å². The molecule has 4 nitrogen and oxygen atoms in total. The molecule has 0 spiro atoms. The fourth-order valence-electron chi connectivity index (χ4n) is 1.59. The van der Waals surface area contributed by atoms with Crippen molar-refractivity contribution in [1.29, 1.82) is 0 Å². The first-order chi connectivity index (χ1) is 7.00. The van der Waals surface area contributed by atoms with Crippen molar-refractivity contribution in [1.82, 2.24) is 0 Å². The lowest BCUT2D eigenvalue weighted by Gasteiger charge is -2.08. The fraction of sp³-hybridized carbons (Fsp3) is 0.400. The molecule has 0 bridgehead atoms. The Kier molecular flexibility index (Phi) is 2.19. The molecule has 80 valence electrons. The molecule has 2 rings (SSSR count). The van der Waals surface area contributed by atoms with Gasteiger partial charge in [-0.05, 0) is 31.4 Å². The van der Waals surface area contributed by atoms with Crippen LogP contribution in [-0.4, -0.2) is 10.5 Å². The Bertz CT molecular complexity index is 416. The van der Waals surface area contributed by atoms with Gasteiger partial charge in [-0.2, -0.15) is 0 Å². The van der Waals surface area contributed by atoms with Crippen molar-refractivity contribution in [2.75, 3.05) is 0 Å². The van der Waals surface area contributed by atoms with E-state index in [4.69, 9.17) is 5.73 Å². The normalized spacial score (nSPS) is 17.5. The molecule has 0 unspecified atom stereocenters. The van der Waals surface area contributed by atoms with Crippen molar-refractivity contribution in [2.45, 2.75) is 24.8 Å². The number of benzene rings is 1. The van der Waals surface area contributed by atoms with Crippen molar-refractivity contribution >= 4 is 5.69 Å². The SMILES string of the molecule is NC1(Cc2cc(F)ccc2[N+](=O)[O-])CC1. The second-order valence-corrected chi connectivity index (χ2v) is 4.07. The summed E-state index contributed by atoms with van der Waals surface area (Å²) in [5.41, 5.74) is 5.84. The van der Waals surface area contributed by atoms with Crippen LogP contribution in [-0.2, 0) is 6.42 Å². The van der Waals surface area contributed by atoms with Gasteiger partial charge < -0.3 is 5.73 Å². The van der Waals surface area contributed by atoms with Crippen molar-refractivity contribution in [2.24, 2.45) is 5.73 Å². The van der Waals surface area contributed by atoms with Crippen LogP contribution in [0.4, 0.5) is 10.1 Å². The highest BCUT2D eigenvalue weighted by Gasteiger charge is 2.39. The number of nitrogens with zero attached hydrogens (tertiary/aromatic N) is 1. The zero-order valence-corrected chi connectivity index (χ0v) is 8.07. The molecule has 1 aliphatic rings. The number of hydrogen-bond acceptors (Lipinski definition) is 3. The maximum absolute atomic E-state index is 12.9. The van der Waals surface area contributed by atoms with E-state index in [1.807, 2.05) is 0 Å². The molecule has 1 aromatic carbocycles. The van der Waals surface area contributed by atoms with Gasteiger partial charge in [-0.15, -0.1) is 0 Å². The van der Waals surface area contributed by atoms with E-state index in [2.05, 4.69) is 0 Å². The van der Waals surface area contributed by atoms with E-state index in [-0.39, 0.29) is 11.2 Å². The first-order valence-corrected chi connectivity index (χ1v) is 4.72. The lowest BCUT2D eigenvalue weighted by atomic mass is 10.0. The van der Waals surface area contributed by atoms with Gasteiger partial charge in [0.25, 0.3) is 5.69 Å². The third-order valence-corrected chi connectivity index (χ3v) is 2.67. The molecule has 15 heavy (non-hydrogen) atoms. The number of nitrogens with two attached hydrogens (primary N) is 1. The number of halogens is 1. The maximum atomic E-state index is 12.9. The molecular formula is C10H11FN2O2. The molecule has 0 heterocycles. The van der Waals surface area contributed by atoms with E-state index >= 15 is 0 Å². The topological polar surface area (TPSA) is 69.2 Å². The zero-order valence-electron chi connectivity index (χ0n) is 8.07. The highest BCUT2D eigenvalue weighted by molar-refractivity contribution is 5.42. The largest absolute Gasteiger partial charge is 0.325 e. The van der Waals surface area contributed by atoms with Crippen LogP contribution in [0.15, 0.2) is 18.2 Å². The average molecular weight is 210 g/mol. The Hall–Kier alpha value is -1.49. The monoisotopic (exact) mass is 210 g/mol. The van der Waals surface area contributed by atoms with Crippen molar-refractivity contribution in [3.63, 3.8) is 0 Å². The van der Waals surface area contributed by atoms with Gasteiger partial charge in [-0.1, -0.05) is 0 Å². The summed E-state index contributed by atoms with van der Waals surface area (Å²) in [6.45, 7) is 0. The predicted octanol–water partition coefficient (Wildman–Crippen LogP) is 1.77. The summed E-state index contributed by atoms with van der Waals surface area (Å²) in [6, 6.07) is 3.49. The first-order valence-electron chi connectivity index (χ1n) is 4.72. The minimum absolute atomic E-state index is 0.0480. The van der Waals surface area contributed by atoms with Gasteiger partial charge in [-0.25, -0.2) is 4.39 Å². The molecule has 0 aliphatic heterocycles. The van der Waals surface area contributed by atoms with Crippen LogP contribution >= 0.6 is 0 Å². The Morgan fingerprint density at radius 2 is 2.20 bits per heavy atom. The summed E-state index contributed by atoms with van der Waals surface area (Å²) in [5.74, 6) is -0.458. The van der Waals surface area contributed by atoms with E-state index in [0.29, 0.717) is 12.0 Å². The molecule has 0 radical (unpaired) electrons. The third kappa shape index (κ3) is 2.12. The first kappa shape index (κ1) is 10.0. The average Bonchev–Trinajstić information content (AvgIpc) is 2.82. The van der Waals surface area contributed by atoms with E-state index < -0.39 is 10.7 Å². The summed E-state index contributed by atoms with van der Waals surface area (Å²) >= 11 is 0.